The van der Waals surface area contributed by atoms with Crippen LogP contribution in [0.4, 0.5) is 0 Å². The maximum Gasteiger partial charge on any atom is 0.261 e. The third kappa shape index (κ3) is 2.29. The molecular formula is C16H18N2O4. The van der Waals surface area contributed by atoms with Crippen LogP contribution in [0.1, 0.15) is 44.9 Å². The Morgan fingerprint density at radius 3 is 2.45 bits per heavy atom. The van der Waals surface area contributed by atoms with Crippen LogP contribution < -0.4 is 0 Å². The molecule has 0 radical (unpaired) electrons. The molecule has 0 unspecified atom stereocenters. The Bertz CT molecular complexity index is 662. The van der Waals surface area contributed by atoms with Gasteiger partial charge < -0.3 is 10.0 Å². The van der Waals surface area contributed by atoms with Gasteiger partial charge in [-0.3, -0.25) is 19.3 Å². The van der Waals surface area contributed by atoms with Crippen LogP contribution in [0.5, 0.6) is 0 Å². The number of benzene rings is 1. The maximum atomic E-state index is 12.4. The summed E-state index contributed by atoms with van der Waals surface area (Å²) in [4.78, 5) is 39.6. The van der Waals surface area contributed by atoms with E-state index in [1.54, 1.807) is 12.1 Å². The van der Waals surface area contributed by atoms with E-state index < -0.39 is 6.10 Å². The average Bonchev–Trinajstić information content (AvgIpc) is 2.67. The summed E-state index contributed by atoms with van der Waals surface area (Å²) in [6.45, 7) is 4.86. The molecule has 0 saturated carbocycles. The topological polar surface area (TPSA) is 77.9 Å². The molecule has 1 saturated heterocycles. The smallest absolute Gasteiger partial charge is 0.261 e. The third-order valence-electron chi connectivity index (χ3n) is 3.91. The molecule has 1 aromatic carbocycles. The van der Waals surface area contributed by atoms with Gasteiger partial charge in [-0.25, -0.2) is 0 Å². The molecular weight excluding hydrogens is 284 g/mol. The van der Waals surface area contributed by atoms with Crippen molar-refractivity contribution in [3.05, 3.63) is 34.9 Å². The van der Waals surface area contributed by atoms with E-state index in [2.05, 4.69) is 0 Å². The lowest BCUT2D eigenvalue weighted by Gasteiger charge is -2.35. The number of hydrogen-bond donors (Lipinski definition) is 1. The molecule has 116 valence electrons. The van der Waals surface area contributed by atoms with Crippen LogP contribution in [0.2, 0.25) is 0 Å². The number of aliphatic hydroxyl groups excluding tert-OH is 1. The van der Waals surface area contributed by atoms with Crippen LogP contribution in [-0.4, -0.2) is 58.4 Å². The van der Waals surface area contributed by atoms with E-state index >= 15 is 0 Å². The van der Waals surface area contributed by atoms with E-state index in [0.717, 1.165) is 0 Å². The lowest BCUT2D eigenvalue weighted by Crippen LogP contribution is -2.53. The number of β-amino-alcohol motifs (C(OH)–C–C–N with tert-alkyl or cyclic N) is 1. The minimum absolute atomic E-state index is 0.186. The number of amides is 3. The van der Waals surface area contributed by atoms with Crippen molar-refractivity contribution in [1.82, 2.24) is 9.80 Å². The van der Waals surface area contributed by atoms with Crippen molar-refractivity contribution in [2.75, 3.05) is 19.6 Å². The summed E-state index contributed by atoms with van der Waals surface area (Å²) in [5.74, 6) is -0.680. The van der Waals surface area contributed by atoms with E-state index in [9.17, 15) is 19.5 Å². The molecule has 3 rings (SSSR count). The Morgan fingerprint density at radius 1 is 1.23 bits per heavy atom. The number of hydrogen-bond acceptors (Lipinski definition) is 4. The van der Waals surface area contributed by atoms with Crippen molar-refractivity contribution in [2.45, 2.75) is 20.0 Å². The minimum Gasteiger partial charge on any atom is -0.389 e. The van der Waals surface area contributed by atoms with Crippen LogP contribution in [0.25, 0.3) is 0 Å². The molecule has 2 aliphatic rings. The van der Waals surface area contributed by atoms with Crippen LogP contribution in [0.3, 0.4) is 0 Å². The molecule has 0 bridgehead atoms. The highest BCUT2D eigenvalue weighted by molar-refractivity contribution is 6.22. The van der Waals surface area contributed by atoms with Gasteiger partial charge in [-0.05, 0) is 24.1 Å². The van der Waals surface area contributed by atoms with Gasteiger partial charge in [-0.2, -0.15) is 0 Å². The summed E-state index contributed by atoms with van der Waals surface area (Å²) in [5.41, 5.74) is 1.02. The monoisotopic (exact) mass is 302 g/mol. The highest BCUT2D eigenvalue weighted by Gasteiger charge is 2.37. The zero-order valence-electron chi connectivity index (χ0n) is 12.6. The molecule has 2 heterocycles. The van der Waals surface area contributed by atoms with E-state index in [-0.39, 0.29) is 29.2 Å². The lowest BCUT2D eigenvalue weighted by molar-refractivity contribution is 0.00589. The molecule has 0 aliphatic carbocycles. The predicted molar refractivity (Wildman–Crippen MR) is 78.6 cm³/mol. The first kappa shape index (κ1) is 14.7. The van der Waals surface area contributed by atoms with Gasteiger partial charge in [0.1, 0.15) is 0 Å². The maximum absolute atomic E-state index is 12.4. The molecule has 0 aromatic heterocycles. The fraction of sp³-hybridized carbons (Fsp3) is 0.438. The molecule has 3 amide bonds. The van der Waals surface area contributed by atoms with Gasteiger partial charge in [0.05, 0.1) is 17.2 Å². The molecule has 6 nitrogen and oxygen atoms in total. The van der Waals surface area contributed by atoms with Gasteiger partial charge in [0, 0.05) is 25.2 Å². The van der Waals surface area contributed by atoms with Crippen LogP contribution in [0, 0.1) is 5.92 Å². The van der Waals surface area contributed by atoms with Crippen molar-refractivity contribution >= 4 is 17.7 Å². The van der Waals surface area contributed by atoms with E-state index in [1.807, 2.05) is 13.8 Å². The largest absolute Gasteiger partial charge is 0.389 e. The number of carbonyl (C=O) groups excluding carboxylic acids is 3. The predicted octanol–water partition coefficient (Wildman–Crippen LogP) is 0.755. The first-order valence-corrected chi connectivity index (χ1v) is 7.36. The number of carbonyl (C=O) groups is 3. The fourth-order valence-electron chi connectivity index (χ4n) is 2.76. The van der Waals surface area contributed by atoms with Crippen LogP contribution >= 0.6 is 0 Å². The number of imide groups is 1. The van der Waals surface area contributed by atoms with Crippen molar-refractivity contribution < 1.29 is 19.5 Å². The summed E-state index contributed by atoms with van der Waals surface area (Å²) >= 11 is 0. The number of fused-ring (bicyclic) bond motifs is 1. The van der Waals surface area contributed by atoms with Crippen LogP contribution in [0.15, 0.2) is 18.2 Å². The zero-order valence-corrected chi connectivity index (χ0v) is 12.6. The zero-order chi connectivity index (χ0) is 16.0. The lowest BCUT2D eigenvalue weighted by atomic mass is 10.0. The molecule has 0 atom stereocenters. The molecule has 22 heavy (non-hydrogen) atoms. The van der Waals surface area contributed by atoms with E-state index in [0.29, 0.717) is 30.8 Å². The summed E-state index contributed by atoms with van der Waals surface area (Å²) in [5, 5.41) is 9.27. The molecule has 1 fully saturated rings. The molecule has 6 heteroatoms. The molecule has 1 aromatic rings. The van der Waals surface area contributed by atoms with Gasteiger partial charge in [0.25, 0.3) is 17.7 Å². The normalized spacial score (nSPS) is 18.0. The second kappa shape index (κ2) is 5.21. The highest BCUT2D eigenvalue weighted by atomic mass is 16.3. The van der Waals surface area contributed by atoms with Crippen molar-refractivity contribution in [2.24, 2.45) is 5.92 Å². The summed E-state index contributed by atoms with van der Waals surface area (Å²) in [6, 6.07) is 4.60. The minimum atomic E-state index is -0.469. The number of aliphatic hydroxyl groups is 1. The Balaban J connectivity index is 1.87. The van der Waals surface area contributed by atoms with Crippen molar-refractivity contribution in [3.63, 3.8) is 0 Å². The third-order valence-corrected chi connectivity index (χ3v) is 3.91. The summed E-state index contributed by atoms with van der Waals surface area (Å²) in [7, 11) is 0. The first-order chi connectivity index (χ1) is 10.4. The molecule has 1 N–H and O–H groups in total. The van der Waals surface area contributed by atoms with Gasteiger partial charge in [0.2, 0.25) is 0 Å². The molecule has 2 aliphatic heterocycles. The number of rotatable bonds is 3. The Morgan fingerprint density at radius 2 is 1.86 bits per heavy atom. The van der Waals surface area contributed by atoms with Gasteiger partial charge in [-0.15, -0.1) is 0 Å². The van der Waals surface area contributed by atoms with E-state index in [4.69, 9.17) is 0 Å². The second-order valence-electron chi connectivity index (χ2n) is 6.24. The quantitative estimate of drug-likeness (QED) is 0.836. The van der Waals surface area contributed by atoms with Crippen molar-refractivity contribution in [3.8, 4) is 0 Å². The average molecular weight is 302 g/mol. The number of likely N-dealkylation sites (tertiary alicyclic amines) is 1. The SMILES string of the molecule is CC(C)CN1C(=O)c2ccc(C(=O)N3CC(O)C3)cc2C1=O. The van der Waals surface area contributed by atoms with Gasteiger partial charge >= 0.3 is 0 Å². The Labute approximate surface area is 128 Å². The van der Waals surface area contributed by atoms with Gasteiger partial charge in [-0.1, -0.05) is 13.8 Å². The van der Waals surface area contributed by atoms with Gasteiger partial charge in [0.15, 0.2) is 0 Å². The molecule has 0 spiro atoms. The Kier molecular flexibility index (Phi) is 3.48. The summed E-state index contributed by atoms with van der Waals surface area (Å²) in [6.07, 6.45) is -0.469. The van der Waals surface area contributed by atoms with Crippen molar-refractivity contribution in [1.29, 1.82) is 0 Å². The van der Waals surface area contributed by atoms with E-state index in [1.165, 1.54) is 15.9 Å². The first-order valence-electron chi connectivity index (χ1n) is 7.36. The second-order valence-corrected chi connectivity index (χ2v) is 6.24. The standard InChI is InChI=1S/C16H18N2O4/c1-9(2)6-18-15(21)12-4-3-10(5-13(12)16(18)22)14(20)17-7-11(19)8-17/h3-5,9,11,19H,6-8H2,1-2H3. The number of nitrogens with zero attached hydrogens (tertiary/aromatic N) is 2. The Hall–Kier alpha value is -2.21. The fourth-order valence-corrected chi connectivity index (χ4v) is 2.76. The highest BCUT2D eigenvalue weighted by Crippen LogP contribution is 2.26. The summed E-state index contributed by atoms with van der Waals surface area (Å²) < 4.78 is 0. The van der Waals surface area contributed by atoms with Crippen LogP contribution in [-0.2, 0) is 0 Å².